The molecule has 3 unspecified atom stereocenters. The summed E-state index contributed by atoms with van der Waals surface area (Å²) in [7, 11) is 2.33. The fraction of sp³-hybridized carbons (Fsp3) is 0.684. The monoisotopic (exact) mass is 286 g/mol. The summed E-state index contributed by atoms with van der Waals surface area (Å²) < 4.78 is 0. The van der Waals surface area contributed by atoms with E-state index >= 15 is 0 Å². The summed E-state index contributed by atoms with van der Waals surface area (Å²) in [5, 5.41) is 3.86. The summed E-state index contributed by atoms with van der Waals surface area (Å²) in [6, 6.07) is 11.2. The predicted octanol–water partition coefficient (Wildman–Crippen LogP) is 3.91. The van der Waals surface area contributed by atoms with Crippen molar-refractivity contribution in [3.63, 3.8) is 0 Å². The van der Waals surface area contributed by atoms with Crippen molar-refractivity contribution in [3.8, 4) is 0 Å². The minimum absolute atomic E-state index is 0.544. The number of nitrogens with one attached hydrogen (secondary N) is 1. The van der Waals surface area contributed by atoms with Crippen LogP contribution in [0.2, 0.25) is 0 Å². The highest BCUT2D eigenvalue weighted by Gasteiger charge is 2.41. The Morgan fingerprint density at radius 1 is 1.19 bits per heavy atom. The van der Waals surface area contributed by atoms with Gasteiger partial charge in [0.1, 0.15) is 0 Å². The predicted molar refractivity (Wildman–Crippen MR) is 89.5 cm³/mol. The van der Waals surface area contributed by atoms with Crippen molar-refractivity contribution in [1.29, 1.82) is 0 Å². The molecule has 21 heavy (non-hydrogen) atoms. The van der Waals surface area contributed by atoms with Gasteiger partial charge in [-0.3, -0.25) is 0 Å². The molecule has 2 heteroatoms. The van der Waals surface area contributed by atoms with Gasteiger partial charge < -0.3 is 10.2 Å². The number of hydrogen-bond donors (Lipinski definition) is 1. The number of fused-ring (bicyclic) bond motifs is 2. The first-order valence-electron chi connectivity index (χ1n) is 8.71. The van der Waals surface area contributed by atoms with Gasteiger partial charge in [0.25, 0.3) is 0 Å². The molecule has 3 atom stereocenters. The Hall–Kier alpha value is -0.860. The standard InChI is InChI=1S/C19H30N2/c1-4-11-20-19(18-8-6-5-7-14(18)2)15-12-16-9-10-17(13-15)21(16)3/h5-8,15-17,19-20H,4,9-13H2,1-3H3. The molecule has 0 saturated carbocycles. The molecule has 0 radical (unpaired) electrons. The van der Waals surface area contributed by atoms with Crippen molar-refractivity contribution in [3.05, 3.63) is 35.4 Å². The molecule has 2 fully saturated rings. The zero-order chi connectivity index (χ0) is 14.8. The molecule has 3 rings (SSSR count). The largest absolute Gasteiger partial charge is 0.310 e. The summed E-state index contributed by atoms with van der Waals surface area (Å²) in [4.78, 5) is 2.64. The normalized spacial score (nSPS) is 30.5. The summed E-state index contributed by atoms with van der Waals surface area (Å²) in [5.41, 5.74) is 2.97. The second-order valence-electron chi connectivity index (χ2n) is 7.07. The quantitative estimate of drug-likeness (QED) is 0.883. The third kappa shape index (κ3) is 3.02. The molecular formula is C19H30N2. The van der Waals surface area contributed by atoms with Gasteiger partial charge in [0.05, 0.1) is 0 Å². The highest BCUT2D eigenvalue weighted by atomic mass is 15.2. The first-order chi connectivity index (χ1) is 10.2. The van der Waals surface area contributed by atoms with Crippen LogP contribution >= 0.6 is 0 Å². The van der Waals surface area contributed by atoms with Crippen LogP contribution in [-0.4, -0.2) is 30.6 Å². The zero-order valence-corrected chi connectivity index (χ0v) is 13.8. The number of benzene rings is 1. The molecule has 1 aromatic carbocycles. The van der Waals surface area contributed by atoms with Gasteiger partial charge in [0, 0.05) is 18.1 Å². The fourth-order valence-corrected chi connectivity index (χ4v) is 4.49. The molecule has 0 amide bonds. The molecule has 1 aromatic rings. The second-order valence-corrected chi connectivity index (χ2v) is 7.07. The highest BCUT2D eigenvalue weighted by molar-refractivity contribution is 5.29. The summed E-state index contributed by atoms with van der Waals surface area (Å²) in [5.74, 6) is 0.798. The molecule has 0 spiro atoms. The highest BCUT2D eigenvalue weighted by Crippen LogP contribution is 2.42. The van der Waals surface area contributed by atoms with Crippen molar-refractivity contribution in [2.75, 3.05) is 13.6 Å². The fourth-order valence-electron chi connectivity index (χ4n) is 4.49. The lowest BCUT2D eigenvalue weighted by molar-refractivity contribution is 0.112. The van der Waals surface area contributed by atoms with Gasteiger partial charge in [-0.1, -0.05) is 31.2 Å². The van der Waals surface area contributed by atoms with Gasteiger partial charge in [0.2, 0.25) is 0 Å². The maximum atomic E-state index is 3.86. The van der Waals surface area contributed by atoms with E-state index in [9.17, 15) is 0 Å². The summed E-state index contributed by atoms with van der Waals surface area (Å²) in [6.07, 6.45) is 6.76. The topological polar surface area (TPSA) is 15.3 Å². The maximum absolute atomic E-state index is 3.86. The first-order valence-corrected chi connectivity index (χ1v) is 8.71. The molecular weight excluding hydrogens is 256 g/mol. The SMILES string of the molecule is CCCNC(c1ccccc1C)C1CC2CCC(C1)N2C. The van der Waals surface area contributed by atoms with E-state index in [2.05, 4.69) is 55.4 Å². The number of rotatable bonds is 5. The lowest BCUT2D eigenvalue weighted by Gasteiger charge is -2.40. The Balaban J connectivity index is 1.81. The van der Waals surface area contributed by atoms with E-state index in [0.717, 1.165) is 24.5 Å². The van der Waals surface area contributed by atoms with Crippen molar-refractivity contribution < 1.29 is 0 Å². The van der Waals surface area contributed by atoms with E-state index in [1.165, 1.54) is 43.2 Å². The van der Waals surface area contributed by atoms with Gasteiger partial charge in [-0.25, -0.2) is 0 Å². The van der Waals surface area contributed by atoms with Crippen LogP contribution in [0.5, 0.6) is 0 Å². The molecule has 2 aliphatic heterocycles. The smallest absolute Gasteiger partial charge is 0.0352 e. The van der Waals surface area contributed by atoms with E-state index in [1.54, 1.807) is 0 Å². The third-order valence-electron chi connectivity index (χ3n) is 5.74. The summed E-state index contributed by atoms with van der Waals surface area (Å²) in [6.45, 7) is 5.65. The van der Waals surface area contributed by atoms with Gasteiger partial charge in [0.15, 0.2) is 0 Å². The number of aryl methyl sites for hydroxylation is 1. The maximum Gasteiger partial charge on any atom is 0.0352 e. The van der Waals surface area contributed by atoms with E-state index in [0.29, 0.717) is 6.04 Å². The van der Waals surface area contributed by atoms with Crippen LogP contribution in [0, 0.1) is 12.8 Å². The van der Waals surface area contributed by atoms with Crippen LogP contribution in [0.3, 0.4) is 0 Å². The lowest BCUT2D eigenvalue weighted by Crippen LogP contribution is -2.44. The number of hydrogen-bond acceptors (Lipinski definition) is 2. The Morgan fingerprint density at radius 3 is 2.48 bits per heavy atom. The summed E-state index contributed by atoms with van der Waals surface area (Å²) >= 11 is 0. The molecule has 2 heterocycles. The minimum atomic E-state index is 0.544. The Bertz CT molecular complexity index is 456. The molecule has 116 valence electrons. The Kier molecular flexibility index (Phi) is 4.66. The van der Waals surface area contributed by atoms with Crippen molar-refractivity contribution in [2.45, 2.75) is 64.1 Å². The molecule has 2 aliphatic rings. The van der Waals surface area contributed by atoms with Crippen LogP contribution in [-0.2, 0) is 0 Å². The van der Waals surface area contributed by atoms with Gasteiger partial charge in [-0.05, 0) is 69.7 Å². The number of piperidine rings is 1. The van der Waals surface area contributed by atoms with E-state index < -0.39 is 0 Å². The van der Waals surface area contributed by atoms with Gasteiger partial charge >= 0.3 is 0 Å². The second kappa shape index (κ2) is 6.50. The van der Waals surface area contributed by atoms with E-state index in [1.807, 2.05) is 0 Å². The van der Waals surface area contributed by atoms with Crippen molar-refractivity contribution >= 4 is 0 Å². The zero-order valence-electron chi connectivity index (χ0n) is 13.8. The molecule has 2 nitrogen and oxygen atoms in total. The molecule has 0 aliphatic carbocycles. The van der Waals surface area contributed by atoms with Crippen molar-refractivity contribution in [2.24, 2.45) is 5.92 Å². The number of nitrogens with zero attached hydrogens (tertiary/aromatic N) is 1. The lowest BCUT2D eigenvalue weighted by atomic mass is 9.81. The van der Waals surface area contributed by atoms with Crippen LogP contribution in [0.25, 0.3) is 0 Å². The molecule has 2 saturated heterocycles. The van der Waals surface area contributed by atoms with Crippen LogP contribution < -0.4 is 5.32 Å². The van der Waals surface area contributed by atoms with Gasteiger partial charge in [-0.15, -0.1) is 0 Å². The average Bonchev–Trinajstić information content (AvgIpc) is 2.72. The Labute approximate surface area is 129 Å². The van der Waals surface area contributed by atoms with Crippen LogP contribution in [0.15, 0.2) is 24.3 Å². The third-order valence-corrected chi connectivity index (χ3v) is 5.74. The first kappa shape index (κ1) is 15.1. The molecule has 0 aromatic heterocycles. The van der Waals surface area contributed by atoms with E-state index in [-0.39, 0.29) is 0 Å². The Morgan fingerprint density at radius 2 is 1.86 bits per heavy atom. The molecule has 2 bridgehead atoms. The average molecular weight is 286 g/mol. The van der Waals surface area contributed by atoms with Gasteiger partial charge in [-0.2, -0.15) is 0 Å². The van der Waals surface area contributed by atoms with E-state index in [4.69, 9.17) is 0 Å². The molecule has 1 N–H and O–H groups in total. The van der Waals surface area contributed by atoms with Crippen LogP contribution in [0.4, 0.5) is 0 Å². The minimum Gasteiger partial charge on any atom is -0.310 e. The van der Waals surface area contributed by atoms with Crippen LogP contribution in [0.1, 0.15) is 56.2 Å². The van der Waals surface area contributed by atoms with Crippen molar-refractivity contribution in [1.82, 2.24) is 10.2 Å².